The predicted octanol–water partition coefficient (Wildman–Crippen LogP) is 4.82. The predicted molar refractivity (Wildman–Crippen MR) is 114 cm³/mol. The Morgan fingerprint density at radius 3 is 2.21 bits per heavy atom. The lowest BCUT2D eigenvalue weighted by molar-refractivity contribution is -0.137. The molecule has 0 aromatic heterocycles. The van der Waals surface area contributed by atoms with E-state index >= 15 is 0 Å². The van der Waals surface area contributed by atoms with Gasteiger partial charge in [0.25, 0.3) is 11.8 Å². The molecule has 0 fully saturated rings. The minimum Gasteiger partial charge on any atom is -0.494 e. The van der Waals surface area contributed by atoms with E-state index in [2.05, 4.69) is 6.92 Å². The molecule has 0 N–H and O–H groups in total. The molecular formula is C23H25NO3S. The summed E-state index contributed by atoms with van der Waals surface area (Å²) < 4.78 is 5.62. The lowest BCUT2D eigenvalue weighted by Gasteiger charge is -2.15. The molecule has 1 aliphatic heterocycles. The van der Waals surface area contributed by atoms with Crippen LogP contribution in [0.5, 0.6) is 5.75 Å². The SMILES string of the molecule is CCCOc1ccc(C2=C(SCC)C(=O)N(Cc3ccc(C)cc3)C2=O)cc1. The number of hydrogen-bond donors (Lipinski definition) is 0. The number of imide groups is 1. The first-order valence-electron chi connectivity index (χ1n) is 9.57. The third-order valence-corrected chi connectivity index (χ3v) is 5.45. The third kappa shape index (κ3) is 4.30. The van der Waals surface area contributed by atoms with Gasteiger partial charge in [-0.1, -0.05) is 55.8 Å². The van der Waals surface area contributed by atoms with Crippen LogP contribution in [0.15, 0.2) is 53.4 Å². The number of amides is 2. The molecule has 1 aliphatic rings. The highest BCUT2D eigenvalue weighted by molar-refractivity contribution is 8.04. The van der Waals surface area contributed by atoms with Crippen LogP contribution in [-0.4, -0.2) is 29.1 Å². The summed E-state index contributed by atoms with van der Waals surface area (Å²) in [4.78, 5) is 28.0. The summed E-state index contributed by atoms with van der Waals surface area (Å²) in [5, 5.41) is 0. The highest BCUT2D eigenvalue weighted by atomic mass is 32.2. The second kappa shape index (κ2) is 9.11. The molecule has 2 aromatic carbocycles. The Hall–Kier alpha value is -2.53. The molecule has 2 aromatic rings. The quantitative estimate of drug-likeness (QED) is 0.602. The molecule has 0 aliphatic carbocycles. The van der Waals surface area contributed by atoms with E-state index in [0.29, 0.717) is 17.1 Å². The van der Waals surface area contributed by atoms with Crippen molar-refractivity contribution >= 4 is 29.1 Å². The number of aryl methyl sites for hydroxylation is 1. The molecule has 146 valence electrons. The maximum atomic E-state index is 13.1. The van der Waals surface area contributed by atoms with E-state index in [1.54, 1.807) is 0 Å². The first-order chi connectivity index (χ1) is 13.5. The van der Waals surface area contributed by atoms with Crippen LogP contribution < -0.4 is 4.74 Å². The lowest BCUT2D eigenvalue weighted by atomic mass is 10.1. The van der Waals surface area contributed by atoms with Gasteiger partial charge in [-0.15, -0.1) is 11.8 Å². The number of thioether (sulfide) groups is 1. The zero-order chi connectivity index (χ0) is 20.1. The Bertz CT molecular complexity index is 885. The normalized spacial score (nSPS) is 14.2. The van der Waals surface area contributed by atoms with Crippen LogP contribution in [0.1, 0.15) is 37.0 Å². The smallest absolute Gasteiger partial charge is 0.268 e. The maximum absolute atomic E-state index is 13.1. The topological polar surface area (TPSA) is 46.6 Å². The maximum Gasteiger partial charge on any atom is 0.268 e. The summed E-state index contributed by atoms with van der Waals surface area (Å²) in [6, 6.07) is 15.3. The van der Waals surface area contributed by atoms with Gasteiger partial charge in [0.1, 0.15) is 5.75 Å². The van der Waals surface area contributed by atoms with E-state index in [1.807, 2.05) is 62.4 Å². The van der Waals surface area contributed by atoms with Crippen LogP contribution in [0, 0.1) is 6.92 Å². The summed E-state index contributed by atoms with van der Waals surface area (Å²) in [5.74, 6) is 1.06. The number of nitrogens with zero attached hydrogens (tertiary/aromatic N) is 1. The standard InChI is InChI=1S/C23H25NO3S/c1-4-14-27-19-12-10-18(11-13-19)20-21(28-5-2)23(26)24(22(20)25)15-17-8-6-16(3)7-9-17/h6-13H,4-5,14-15H2,1-3H3. The van der Waals surface area contributed by atoms with Gasteiger partial charge in [-0.2, -0.15) is 0 Å². The third-order valence-electron chi connectivity index (χ3n) is 4.49. The van der Waals surface area contributed by atoms with Crippen molar-refractivity contribution in [3.8, 4) is 5.75 Å². The first kappa shape index (κ1) is 20.2. The van der Waals surface area contributed by atoms with E-state index in [9.17, 15) is 9.59 Å². The molecule has 5 heteroatoms. The van der Waals surface area contributed by atoms with Gasteiger partial charge in [0.15, 0.2) is 0 Å². The van der Waals surface area contributed by atoms with Crippen molar-refractivity contribution in [2.75, 3.05) is 12.4 Å². The zero-order valence-corrected chi connectivity index (χ0v) is 17.3. The summed E-state index contributed by atoms with van der Waals surface area (Å²) >= 11 is 1.42. The molecule has 1 heterocycles. The Morgan fingerprint density at radius 1 is 0.929 bits per heavy atom. The molecule has 0 unspecified atom stereocenters. The zero-order valence-electron chi connectivity index (χ0n) is 16.5. The van der Waals surface area contributed by atoms with E-state index in [0.717, 1.165) is 34.6 Å². The molecule has 0 saturated carbocycles. The van der Waals surface area contributed by atoms with Crippen molar-refractivity contribution in [2.45, 2.75) is 33.7 Å². The van der Waals surface area contributed by atoms with Gasteiger partial charge in [-0.05, 0) is 42.4 Å². The fourth-order valence-corrected chi connectivity index (χ4v) is 3.92. The summed E-state index contributed by atoms with van der Waals surface area (Å²) in [6.07, 6.45) is 0.936. The van der Waals surface area contributed by atoms with Crippen molar-refractivity contribution in [1.82, 2.24) is 4.90 Å². The van der Waals surface area contributed by atoms with Crippen molar-refractivity contribution in [2.24, 2.45) is 0 Å². The number of rotatable bonds is 8. The first-order valence-corrected chi connectivity index (χ1v) is 10.6. The fraction of sp³-hybridized carbons (Fsp3) is 0.304. The van der Waals surface area contributed by atoms with Gasteiger partial charge in [-0.25, -0.2) is 0 Å². The average Bonchev–Trinajstić information content (AvgIpc) is 2.93. The largest absolute Gasteiger partial charge is 0.494 e. The average molecular weight is 396 g/mol. The Balaban J connectivity index is 1.88. The number of hydrogen-bond acceptors (Lipinski definition) is 4. The van der Waals surface area contributed by atoms with Crippen molar-refractivity contribution < 1.29 is 14.3 Å². The van der Waals surface area contributed by atoms with Crippen LogP contribution in [0.2, 0.25) is 0 Å². The molecule has 3 rings (SSSR count). The van der Waals surface area contributed by atoms with Crippen LogP contribution in [0.25, 0.3) is 5.57 Å². The minimum absolute atomic E-state index is 0.210. The monoisotopic (exact) mass is 395 g/mol. The van der Waals surface area contributed by atoms with E-state index in [4.69, 9.17) is 4.74 Å². The molecule has 0 saturated heterocycles. The molecule has 0 bridgehead atoms. The second-order valence-corrected chi connectivity index (χ2v) is 7.97. The van der Waals surface area contributed by atoms with E-state index in [1.165, 1.54) is 16.7 Å². The van der Waals surface area contributed by atoms with Crippen LogP contribution in [0.4, 0.5) is 0 Å². The van der Waals surface area contributed by atoms with E-state index < -0.39 is 0 Å². The summed E-state index contributed by atoms with van der Waals surface area (Å²) in [5.41, 5.74) is 3.34. The van der Waals surface area contributed by atoms with Crippen molar-refractivity contribution in [3.63, 3.8) is 0 Å². The molecule has 28 heavy (non-hydrogen) atoms. The number of carbonyl (C=O) groups excluding carboxylic acids is 2. The Labute approximate surface area is 170 Å². The second-order valence-electron chi connectivity index (χ2n) is 6.69. The fourth-order valence-electron chi connectivity index (χ4n) is 3.04. The van der Waals surface area contributed by atoms with Gasteiger partial charge in [0.2, 0.25) is 0 Å². The van der Waals surface area contributed by atoms with Gasteiger partial charge in [-0.3, -0.25) is 14.5 Å². The molecular weight excluding hydrogens is 370 g/mol. The Kier molecular flexibility index (Phi) is 6.57. The molecule has 2 amide bonds. The molecule has 0 atom stereocenters. The summed E-state index contributed by atoms with van der Waals surface area (Å²) in [7, 11) is 0. The van der Waals surface area contributed by atoms with Gasteiger partial charge in [0, 0.05) is 0 Å². The van der Waals surface area contributed by atoms with Crippen LogP contribution in [-0.2, 0) is 16.1 Å². The number of benzene rings is 2. The molecule has 4 nitrogen and oxygen atoms in total. The highest BCUT2D eigenvalue weighted by Crippen LogP contribution is 2.37. The van der Waals surface area contributed by atoms with Gasteiger partial charge < -0.3 is 4.74 Å². The number of carbonyl (C=O) groups is 2. The number of ether oxygens (including phenoxy) is 1. The Morgan fingerprint density at radius 2 is 1.61 bits per heavy atom. The van der Waals surface area contributed by atoms with Gasteiger partial charge >= 0.3 is 0 Å². The molecule has 0 spiro atoms. The minimum atomic E-state index is -0.233. The van der Waals surface area contributed by atoms with E-state index in [-0.39, 0.29) is 18.4 Å². The summed E-state index contributed by atoms with van der Waals surface area (Å²) in [6.45, 7) is 6.99. The van der Waals surface area contributed by atoms with Crippen LogP contribution in [0.3, 0.4) is 0 Å². The van der Waals surface area contributed by atoms with Crippen molar-refractivity contribution in [1.29, 1.82) is 0 Å². The van der Waals surface area contributed by atoms with Crippen LogP contribution >= 0.6 is 11.8 Å². The van der Waals surface area contributed by atoms with Crippen molar-refractivity contribution in [3.05, 3.63) is 70.1 Å². The van der Waals surface area contributed by atoms with Gasteiger partial charge in [0.05, 0.1) is 23.6 Å². The highest BCUT2D eigenvalue weighted by Gasteiger charge is 2.38. The lowest BCUT2D eigenvalue weighted by Crippen LogP contribution is -2.30. The molecule has 0 radical (unpaired) electrons.